The van der Waals surface area contributed by atoms with Crippen LogP contribution in [0.4, 0.5) is 4.79 Å². The van der Waals surface area contributed by atoms with Gasteiger partial charge < -0.3 is 15.7 Å². The van der Waals surface area contributed by atoms with Gasteiger partial charge in [0.05, 0.1) is 0 Å². The summed E-state index contributed by atoms with van der Waals surface area (Å²) in [7, 11) is 0. The quantitative estimate of drug-likeness (QED) is 0.597. The lowest BCUT2D eigenvalue weighted by atomic mass is 10.1. The fourth-order valence-electron chi connectivity index (χ4n) is 0.975. The van der Waals surface area contributed by atoms with Crippen molar-refractivity contribution in [1.29, 1.82) is 0 Å². The number of carboxylic acids is 1. The van der Waals surface area contributed by atoms with Gasteiger partial charge in [-0.15, -0.1) is 0 Å². The Bertz CT molecular complexity index is 249. The molecule has 0 spiro atoms. The van der Waals surface area contributed by atoms with Crippen LogP contribution in [0.5, 0.6) is 0 Å². The molecule has 0 aromatic heterocycles. The fourth-order valence-corrected chi connectivity index (χ4v) is 0.975. The number of carbonyl (C=O) groups is 2. The summed E-state index contributed by atoms with van der Waals surface area (Å²) >= 11 is 0. The second-order valence-electron chi connectivity index (χ2n) is 3.48. The molecule has 0 rings (SSSR count). The van der Waals surface area contributed by atoms with Crippen LogP contribution in [-0.4, -0.2) is 29.7 Å². The van der Waals surface area contributed by atoms with Crippen molar-refractivity contribution < 1.29 is 14.7 Å². The zero-order valence-electron chi connectivity index (χ0n) is 9.28. The first kappa shape index (κ1) is 13.5. The highest BCUT2D eigenvalue weighted by Gasteiger charge is 2.22. The molecule has 0 radical (unpaired) electrons. The fraction of sp³-hybridized carbons (Fsp3) is 0.600. The van der Waals surface area contributed by atoms with Crippen molar-refractivity contribution in [3.05, 3.63) is 12.2 Å². The van der Waals surface area contributed by atoms with Crippen LogP contribution in [0.2, 0.25) is 0 Å². The van der Waals surface area contributed by atoms with E-state index in [4.69, 9.17) is 5.11 Å². The van der Waals surface area contributed by atoms with E-state index in [0.717, 1.165) is 0 Å². The molecule has 1 atom stereocenters. The number of allylic oxidation sites excluding steroid dienone is 1. The van der Waals surface area contributed by atoms with Gasteiger partial charge in [0.25, 0.3) is 0 Å². The molecule has 0 aromatic carbocycles. The minimum absolute atomic E-state index is 0.144. The number of rotatable bonds is 5. The maximum Gasteiger partial charge on any atom is 0.326 e. The standard InChI is InChI=1S/C10H18N2O3/c1-4-5-6-11-10(15)12-8(7(2)3)9(13)14/h4-5,7-8H,6H2,1-3H3,(H,13,14)(H2,11,12,15)/b5-4+. The summed E-state index contributed by atoms with van der Waals surface area (Å²) in [6, 6.07) is -1.31. The van der Waals surface area contributed by atoms with Gasteiger partial charge >= 0.3 is 12.0 Å². The van der Waals surface area contributed by atoms with Crippen LogP contribution in [0.3, 0.4) is 0 Å². The summed E-state index contributed by atoms with van der Waals surface area (Å²) in [5.74, 6) is -1.17. The molecule has 0 heterocycles. The van der Waals surface area contributed by atoms with Crippen molar-refractivity contribution in [3.8, 4) is 0 Å². The molecule has 86 valence electrons. The van der Waals surface area contributed by atoms with Crippen molar-refractivity contribution in [2.45, 2.75) is 26.8 Å². The second kappa shape index (κ2) is 6.86. The van der Waals surface area contributed by atoms with Crippen LogP contribution in [0.1, 0.15) is 20.8 Å². The summed E-state index contributed by atoms with van der Waals surface area (Å²) in [6.45, 7) is 5.72. The van der Waals surface area contributed by atoms with Crippen molar-refractivity contribution in [1.82, 2.24) is 10.6 Å². The van der Waals surface area contributed by atoms with Gasteiger partial charge in [0.1, 0.15) is 6.04 Å². The third-order valence-corrected chi connectivity index (χ3v) is 1.84. The molecule has 0 bridgehead atoms. The number of carbonyl (C=O) groups excluding carboxylic acids is 1. The van der Waals surface area contributed by atoms with Crippen molar-refractivity contribution in [2.75, 3.05) is 6.54 Å². The van der Waals surface area contributed by atoms with Gasteiger partial charge in [-0.1, -0.05) is 26.0 Å². The molecule has 0 saturated carbocycles. The van der Waals surface area contributed by atoms with Gasteiger partial charge in [0.15, 0.2) is 0 Å². The first-order valence-electron chi connectivity index (χ1n) is 4.87. The van der Waals surface area contributed by atoms with Gasteiger partial charge in [-0.25, -0.2) is 9.59 Å². The van der Waals surface area contributed by atoms with Crippen LogP contribution >= 0.6 is 0 Å². The normalized spacial score (nSPS) is 12.8. The molecule has 15 heavy (non-hydrogen) atoms. The molecule has 0 fully saturated rings. The van der Waals surface area contributed by atoms with E-state index in [-0.39, 0.29) is 5.92 Å². The van der Waals surface area contributed by atoms with E-state index in [1.54, 1.807) is 26.0 Å². The van der Waals surface area contributed by atoms with Crippen LogP contribution in [0.15, 0.2) is 12.2 Å². The number of carboxylic acid groups (broad SMARTS) is 1. The lowest BCUT2D eigenvalue weighted by Gasteiger charge is -2.17. The number of nitrogens with one attached hydrogen (secondary N) is 2. The third-order valence-electron chi connectivity index (χ3n) is 1.84. The molecule has 0 aromatic rings. The molecular formula is C10H18N2O3. The predicted octanol–water partition coefficient (Wildman–Crippen LogP) is 0.971. The van der Waals surface area contributed by atoms with E-state index in [1.165, 1.54) is 0 Å². The van der Waals surface area contributed by atoms with Gasteiger partial charge in [-0.05, 0) is 12.8 Å². The summed E-state index contributed by atoms with van der Waals surface area (Å²) in [5.41, 5.74) is 0. The highest BCUT2D eigenvalue weighted by atomic mass is 16.4. The average molecular weight is 214 g/mol. The van der Waals surface area contributed by atoms with Crippen LogP contribution in [0.25, 0.3) is 0 Å². The maximum absolute atomic E-state index is 11.2. The van der Waals surface area contributed by atoms with Gasteiger partial charge in [-0.2, -0.15) is 0 Å². The van der Waals surface area contributed by atoms with Crippen molar-refractivity contribution >= 4 is 12.0 Å². The van der Waals surface area contributed by atoms with Crippen LogP contribution in [-0.2, 0) is 4.79 Å². The van der Waals surface area contributed by atoms with Crippen molar-refractivity contribution in [3.63, 3.8) is 0 Å². The predicted molar refractivity (Wildman–Crippen MR) is 57.6 cm³/mol. The van der Waals surface area contributed by atoms with E-state index >= 15 is 0 Å². The molecule has 5 nitrogen and oxygen atoms in total. The molecule has 3 N–H and O–H groups in total. The topological polar surface area (TPSA) is 78.4 Å². The first-order chi connectivity index (χ1) is 6.99. The molecule has 5 heteroatoms. The number of aliphatic carboxylic acids is 1. The molecule has 0 aliphatic carbocycles. The summed E-state index contributed by atoms with van der Waals surface area (Å²) in [6.07, 6.45) is 3.57. The van der Waals surface area contributed by atoms with Crippen LogP contribution in [0, 0.1) is 5.92 Å². The highest BCUT2D eigenvalue weighted by molar-refractivity contribution is 5.82. The number of hydrogen-bond donors (Lipinski definition) is 3. The lowest BCUT2D eigenvalue weighted by molar-refractivity contribution is -0.140. The minimum atomic E-state index is -1.02. The Balaban J connectivity index is 4.06. The molecular weight excluding hydrogens is 196 g/mol. The molecule has 0 aliphatic heterocycles. The smallest absolute Gasteiger partial charge is 0.326 e. The summed E-state index contributed by atoms with van der Waals surface area (Å²) in [4.78, 5) is 22.0. The van der Waals surface area contributed by atoms with Gasteiger partial charge in [-0.3, -0.25) is 0 Å². The average Bonchev–Trinajstić information content (AvgIpc) is 2.13. The van der Waals surface area contributed by atoms with E-state index in [2.05, 4.69) is 10.6 Å². The molecule has 0 aliphatic rings. The Morgan fingerprint density at radius 3 is 2.40 bits per heavy atom. The monoisotopic (exact) mass is 214 g/mol. The Hall–Kier alpha value is -1.52. The summed E-state index contributed by atoms with van der Waals surface area (Å²) < 4.78 is 0. The third kappa shape index (κ3) is 5.72. The van der Waals surface area contributed by atoms with Gasteiger partial charge in [0.2, 0.25) is 0 Å². The number of amides is 2. The molecule has 2 amide bonds. The summed E-state index contributed by atoms with van der Waals surface area (Å²) in [5, 5.41) is 13.7. The SMILES string of the molecule is C/C=C/CNC(=O)NC(C(=O)O)C(C)C. The maximum atomic E-state index is 11.2. The second-order valence-corrected chi connectivity index (χ2v) is 3.48. The van der Waals surface area contributed by atoms with E-state index in [0.29, 0.717) is 6.54 Å². The van der Waals surface area contributed by atoms with Gasteiger partial charge in [0, 0.05) is 6.54 Å². The van der Waals surface area contributed by atoms with E-state index in [1.807, 2.05) is 6.92 Å². The minimum Gasteiger partial charge on any atom is -0.480 e. The first-order valence-corrected chi connectivity index (χ1v) is 4.87. The largest absolute Gasteiger partial charge is 0.480 e. The van der Waals surface area contributed by atoms with Crippen molar-refractivity contribution in [2.24, 2.45) is 5.92 Å². The lowest BCUT2D eigenvalue weighted by Crippen LogP contribution is -2.48. The Labute approximate surface area is 89.6 Å². The zero-order valence-corrected chi connectivity index (χ0v) is 9.28. The highest BCUT2D eigenvalue weighted by Crippen LogP contribution is 2.00. The Morgan fingerprint density at radius 1 is 1.40 bits per heavy atom. The molecule has 1 unspecified atom stereocenters. The van der Waals surface area contributed by atoms with Crippen LogP contribution < -0.4 is 10.6 Å². The van der Waals surface area contributed by atoms with E-state index in [9.17, 15) is 9.59 Å². The van der Waals surface area contributed by atoms with E-state index < -0.39 is 18.0 Å². The number of hydrogen-bond acceptors (Lipinski definition) is 2. The molecule has 0 saturated heterocycles. The Kier molecular flexibility index (Phi) is 6.17. The number of urea groups is 1. The Morgan fingerprint density at radius 2 is 2.00 bits per heavy atom. The zero-order chi connectivity index (χ0) is 11.8.